The molecule has 0 radical (unpaired) electrons. The molecule has 0 aliphatic rings. The minimum absolute atomic E-state index is 0.0203. The third-order valence-corrected chi connectivity index (χ3v) is 2.82. The fraction of sp³-hybridized carbons (Fsp3) is 0.545. The molecule has 108 valence electrons. The van der Waals surface area contributed by atoms with Gasteiger partial charge in [0.25, 0.3) is 0 Å². The second-order valence-corrected chi connectivity index (χ2v) is 4.63. The molecule has 9 heteroatoms. The number of rotatable bonds is 6. The molecule has 0 spiro atoms. The lowest BCUT2D eigenvalue weighted by molar-refractivity contribution is -0.384. The fourth-order valence-electron chi connectivity index (χ4n) is 1.89. The van der Waals surface area contributed by atoms with Crippen LogP contribution in [0.5, 0.6) is 0 Å². The van der Waals surface area contributed by atoms with Crippen molar-refractivity contribution < 1.29 is 9.45 Å². The number of aryl methyl sites for hydroxylation is 1. The van der Waals surface area contributed by atoms with Gasteiger partial charge in [-0.3, -0.25) is 10.1 Å². The van der Waals surface area contributed by atoms with Crippen LogP contribution in [0.3, 0.4) is 0 Å². The first kappa shape index (κ1) is 14.0. The van der Waals surface area contributed by atoms with Crippen LogP contribution >= 0.6 is 0 Å². The summed E-state index contributed by atoms with van der Waals surface area (Å²) < 4.78 is 6.35. The van der Waals surface area contributed by atoms with Crippen LogP contribution in [0.25, 0.3) is 0 Å². The van der Waals surface area contributed by atoms with E-state index < -0.39 is 4.92 Å². The van der Waals surface area contributed by atoms with Crippen LogP contribution in [0, 0.1) is 10.1 Å². The van der Waals surface area contributed by atoms with Gasteiger partial charge in [-0.25, -0.2) is 4.68 Å². The van der Waals surface area contributed by atoms with Crippen LogP contribution in [0.1, 0.15) is 31.4 Å². The molecular formula is C11H16N6O3. The van der Waals surface area contributed by atoms with Gasteiger partial charge in [0.05, 0.1) is 4.92 Å². The van der Waals surface area contributed by atoms with E-state index >= 15 is 0 Å². The first-order valence-electron chi connectivity index (χ1n) is 6.21. The molecular weight excluding hydrogens is 264 g/mol. The smallest absolute Gasteiger partial charge is 0.334 e. The van der Waals surface area contributed by atoms with Crippen molar-refractivity contribution in [1.82, 2.24) is 19.9 Å². The third-order valence-electron chi connectivity index (χ3n) is 2.82. The number of hydrogen-bond donors (Lipinski definition) is 1. The molecule has 0 unspecified atom stereocenters. The van der Waals surface area contributed by atoms with Crippen molar-refractivity contribution in [2.75, 3.05) is 11.9 Å². The molecule has 0 aromatic carbocycles. The van der Waals surface area contributed by atoms with Crippen LogP contribution in [0.15, 0.2) is 10.9 Å². The van der Waals surface area contributed by atoms with E-state index in [2.05, 4.69) is 20.6 Å². The van der Waals surface area contributed by atoms with E-state index in [-0.39, 0.29) is 11.6 Å². The Morgan fingerprint density at radius 1 is 1.55 bits per heavy atom. The summed E-state index contributed by atoms with van der Waals surface area (Å²) in [5.41, 5.74) is 0.491. The van der Waals surface area contributed by atoms with Crippen molar-refractivity contribution in [3.05, 3.63) is 28.0 Å². The predicted molar refractivity (Wildman–Crippen MR) is 70.4 cm³/mol. The monoisotopic (exact) mass is 280 g/mol. The summed E-state index contributed by atoms with van der Waals surface area (Å²) in [6, 6.07) is 0. The van der Waals surface area contributed by atoms with Gasteiger partial charge >= 0.3 is 5.69 Å². The highest BCUT2D eigenvalue weighted by molar-refractivity contribution is 5.60. The number of nitrogens with zero attached hydrogens (tertiary/aromatic N) is 5. The fourth-order valence-corrected chi connectivity index (χ4v) is 1.89. The molecule has 2 aromatic rings. The summed E-state index contributed by atoms with van der Waals surface area (Å²) in [6.07, 6.45) is 1.80. The van der Waals surface area contributed by atoms with Gasteiger partial charge < -0.3 is 9.84 Å². The van der Waals surface area contributed by atoms with Crippen molar-refractivity contribution >= 4 is 11.5 Å². The van der Waals surface area contributed by atoms with Gasteiger partial charge in [-0.05, 0) is 0 Å². The van der Waals surface area contributed by atoms with Gasteiger partial charge in [-0.1, -0.05) is 19.0 Å². The number of hydrogen-bond acceptors (Lipinski definition) is 7. The Kier molecular flexibility index (Phi) is 3.97. The zero-order valence-corrected chi connectivity index (χ0v) is 11.5. The van der Waals surface area contributed by atoms with Crippen LogP contribution in [-0.4, -0.2) is 31.4 Å². The molecule has 0 atom stereocenters. The second-order valence-electron chi connectivity index (χ2n) is 4.63. The zero-order chi connectivity index (χ0) is 14.7. The standard InChI is InChI=1S/C11H16N6O3/c1-7(2)9-10(17(18)19)11(16(3)15-9)12-5-4-8-13-6-14-20-8/h6-7,12H,4-5H2,1-3H3. The molecule has 2 heterocycles. The predicted octanol–water partition coefficient (Wildman–Crippen LogP) is 1.49. The SMILES string of the molecule is CC(C)c1nn(C)c(NCCc2ncno2)c1[N+](=O)[O-]. The summed E-state index contributed by atoms with van der Waals surface area (Å²) in [7, 11) is 1.67. The van der Waals surface area contributed by atoms with E-state index in [0.29, 0.717) is 30.4 Å². The van der Waals surface area contributed by atoms with E-state index in [1.54, 1.807) is 7.05 Å². The van der Waals surface area contributed by atoms with Crippen LogP contribution in [0.2, 0.25) is 0 Å². The Balaban J connectivity index is 2.16. The Hall–Kier alpha value is -2.45. The average Bonchev–Trinajstić information content (AvgIpc) is 2.98. The van der Waals surface area contributed by atoms with E-state index in [4.69, 9.17) is 4.52 Å². The summed E-state index contributed by atoms with van der Waals surface area (Å²) in [4.78, 5) is 14.7. The maximum atomic E-state index is 11.2. The highest BCUT2D eigenvalue weighted by atomic mass is 16.6. The van der Waals surface area contributed by atoms with Crippen LogP contribution in [-0.2, 0) is 13.5 Å². The lowest BCUT2D eigenvalue weighted by atomic mass is 10.1. The van der Waals surface area contributed by atoms with Crippen molar-refractivity contribution in [3.8, 4) is 0 Å². The Morgan fingerprint density at radius 3 is 2.85 bits per heavy atom. The lowest BCUT2D eigenvalue weighted by Crippen LogP contribution is -2.10. The van der Waals surface area contributed by atoms with Crippen LogP contribution in [0.4, 0.5) is 11.5 Å². The number of anilines is 1. The van der Waals surface area contributed by atoms with Crippen molar-refractivity contribution in [3.63, 3.8) is 0 Å². The molecule has 0 fully saturated rings. The molecule has 2 rings (SSSR count). The summed E-state index contributed by atoms with van der Waals surface area (Å²) in [5.74, 6) is 0.845. The lowest BCUT2D eigenvalue weighted by Gasteiger charge is -2.04. The van der Waals surface area contributed by atoms with E-state index in [9.17, 15) is 10.1 Å². The maximum Gasteiger partial charge on any atom is 0.334 e. The van der Waals surface area contributed by atoms with Gasteiger partial charge in [0.15, 0.2) is 6.33 Å². The summed E-state index contributed by atoms with van der Waals surface area (Å²) in [6.45, 7) is 4.19. The molecule has 1 N–H and O–H groups in total. The first-order chi connectivity index (χ1) is 9.50. The summed E-state index contributed by atoms with van der Waals surface area (Å²) >= 11 is 0. The average molecular weight is 280 g/mol. The van der Waals surface area contributed by atoms with E-state index in [1.165, 1.54) is 11.0 Å². The molecule has 0 saturated heterocycles. The largest absolute Gasteiger partial charge is 0.364 e. The Bertz CT molecular complexity index is 590. The number of nitrogens with one attached hydrogen (secondary N) is 1. The summed E-state index contributed by atoms with van der Waals surface area (Å²) in [5, 5.41) is 21.9. The quantitative estimate of drug-likeness (QED) is 0.630. The normalized spacial score (nSPS) is 11.0. The van der Waals surface area contributed by atoms with Gasteiger partial charge in [0, 0.05) is 25.9 Å². The van der Waals surface area contributed by atoms with E-state index in [1.807, 2.05) is 13.8 Å². The van der Waals surface area contributed by atoms with Crippen LogP contribution < -0.4 is 5.32 Å². The van der Waals surface area contributed by atoms with Gasteiger partial charge in [0.2, 0.25) is 11.7 Å². The molecule has 0 aliphatic heterocycles. The minimum atomic E-state index is -0.405. The molecule has 2 aromatic heterocycles. The van der Waals surface area contributed by atoms with Gasteiger partial charge in [-0.15, -0.1) is 0 Å². The molecule has 0 saturated carbocycles. The van der Waals surface area contributed by atoms with Crippen molar-refractivity contribution in [1.29, 1.82) is 0 Å². The molecule has 0 bridgehead atoms. The molecule has 9 nitrogen and oxygen atoms in total. The number of nitro groups is 1. The highest BCUT2D eigenvalue weighted by Crippen LogP contribution is 2.32. The second kappa shape index (κ2) is 5.68. The minimum Gasteiger partial charge on any atom is -0.364 e. The molecule has 0 aliphatic carbocycles. The van der Waals surface area contributed by atoms with E-state index in [0.717, 1.165) is 0 Å². The Morgan fingerprint density at radius 2 is 2.30 bits per heavy atom. The Labute approximate surface area is 115 Å². The van der Waals surface area contributed by atoms with Gasteiger partial charge in [0.1, 0.15) is 5.69 Å². The third kappa shape index (κ3) is 2.76. The van der Waals surface area contributed by atoms with Crippen molar-refractivity contribution in [2.45, 2.75) is 26.2 Å². The highest BCUT2D eigenvalue weighted by Gasteiger charge is 2.28. The molecule has 0 amide bonds. The number of aromatic nitrogens is 4. The zero-order valence-electron chi connectivity index (χ0n) is 11.5. The topological polar surface area (TPSA) is 112 Å². The first-order valence-corrected chi connectivity index (χ1v) is 6.21. The van der Waals surface area contributed by atoms with Gasteiger partial charge in [-0.2, -0.15) is 10.1 Å². The molecule has 20 heavy (non-hydrogen) atoms. The maximum absolute atomic E-state index is 11.2. The van der Waals surface area contributed by atoms with Crippen molar-refractivity contribution in [2.24, 2.45) is 7.05 Å².